The molecule has 1 amide bonds. The van der Waals surface area contributed by atoms with E-state index in [2.05, 4.69) is 10.4 Å². The van der Waals surface area contributed by atoms with Gasteiger partial charge < -0.3 is 5.32 Å². The SMILES string of the molecule is O=C(Nc1ccnn1Cc1ccc(Cl)cc1Cl)c1cc(Cl)sc1Cl. The van der Waals surface area contributed by atoms with Crippen LogP contribution in [-0.2, 0) is 6.54 Å². The van der Waals surface area contributed by atoms with E-state index in [1.165, 1.54) is 6.07 Å². The van der Waals surface area contributed by atoms with Gasteiger partial charge in [0.15, 0.2) is 0 Å². The monoisotopic (exact) mass is 419 g/mol. The molecule has 2 aromatic heterocycles. The topological polar surface area (TPSA) is 46.9 Å². The third kappa shape index (κ3) is 3.87. The molecule has 0 fully saturated rings. The zero-order valence-corrected chi connectivity index (χ0v) is 15.7. The standard InChI is InChI=1S/C15H9Cl4N3OS/c16-9-2-1-8(11(17)5-9)7-22-13(3-4-20-22)21-15(23)10-6-12(18)24-14(10)19/h1-6H,7H2,(H,21,23). The van der Waals surface area contributed by atoms with Crippen LogP contribution in [0, 0.1) is 0 Å². The quantitative estimate of drug-likeness (QED) is 0.574. The zero-order chi connectivity index (χ0) is 17.3. The number of nitrogens with one attached hydrogen (secondary N) is 1. The lowest BCUT2D eigenvalue weighted by Gasteiger charge is -2.10. The molecular formula is C15H9Cl4N3OS. The maximum Gasteiger partial charge on any atom is 0.259 e. The molecule has 0 bridgehead atoms. The van der Waals surface area contributed by atoms with Gasteiger partial charge >= 0.3 is 0 Å². The molecule has 2 heterocycles. The molecule has 0 aliphatic heterocycles. The van der Waals surface area contributed by atoms with Crippen LogP contribution in [0.4, 0.5) is 5.82 Å². The number of thiophene rings is 1. The van der Waals surface area contributed by atoms with Gasteiger partial charge in [-0.05, 0) is 23.8 Å². The summed E-state index contributed by atoms with van der Waals surface area (Å²) in [6.45, 7) is 0.386. The lowest BCUT2D eigenvalue weighted by molar-refractivity contribution is 0.102. The van der Waals surface area contributed by atoms with E-state index in [1.54, 1.807) is 29.1 Å². The van der Waals surface area contributed by atoms with Crippen molar-refractivity contribution in [1.82, 2.24) is 9.78 Å². The first-order chi connectivity index (χ1) is 11.4. The minimum atomic E-state index is -0.355. The molecule has 3 rings (SSSR count). The lowest BCUT2D eigenvalue weighted by Crippen LogP contribution is -2.16. The summed E-state index contributed by atoms with van der Waals surface area (Å²) in [7, 11) is 0. The van der Waals surface area contributed by atoms with Crippen molar-refractivity contribution in [3.05, 3.63) is 66.4 Å². The van der Waals surface area contributed by atoms with Crippen LogP contribution in [0.25, 0.3) is 0 Å². The third-order valence-corrected chi connectivity index (χ3v) is 5.27. The van der Waals surface area contributed by atoms with Crippen molar-refractivity contribution in [2.75, 3.05) is 5.32 Å². The van der Waals surface area contributed by atoms with Crippen molar-refractivity contribution in [2.24, 2.45) is 0 Å². The summed E-state index contributed by atoms with van der Waals surface area (Å²) < 4.78 is 2.41. The molecule has 1 aromatic carbocycles. The van der Waals surface area contributed by atoms with Crippen molar-refractivity contribution in [2.45, 2.75) is 6.54 Å². The Morgan fingerprint density at radius 3 is 2.62 bits per heavy atom. The summed E-state index contributed by atoms with van der Waals surface area (Å²) in [4.78, 5) is 12.3. The van der Waals surface area contributed by atoms with Gasteiger partial charge in [0, 0.05) is 16.1 Å². The Morgan fingerprint density at radius 1 is 1.17 bits per heavy atom. The van der Waals surface area contributed by atoms with Gasteiger partial charge in [0.2, 0.25) is 0 Å². The fourth-order valence-electron chi connectivity index (χ4n) is 2.05. The number of carbonyl (C=O) groups excluding carboxylic acids is 1. The fourth-order valence-corrected chi connectivity index (χ4v) is 3.98. The van der Waals surface area contributed by atoms with Crippen molar-refractivity contribution in [3.63, 3.8) is 0 Å². The van der Waals surface area contributed by atoms with Gasteiger partial charge in [0.1, 0.15) is 10.2 Å². The summed E-state index contributed by atoms with van der Waals surface area (Å²) in [6.07, 6.45) is 1.58. The van der Waals surface area contributed by atoms with Gasteiger partial charge in [-0.25, -0.2) is 4.68 Å². The summed E-state index contributed by atoms with van der Waals surface area (Å²) in [6, 6.07) is 8.43. The highest BCUT2D eigenvalue weighted by Gasteiger charge is 2.16. The van der Waals surface area contributed by atoms with E-state index < -0.39 is 0 Å². The second-order valence-electron chi connectivity index (χ2n) is 4.80. The minimum Gasteiger partial charge on any atom is -0.307 e. The number of aromatic nitrogens is 2. The Balaban J connectivity index is 1.80. The summed E-state index contributed by atoms with van der Waals surface area (Å²) >= 11 is 25.1. The smallest absolute Gasteiger partial charge is 0.259 e. The summed E-state index contributed by atoms with van der Waals surface area (Å²) in [5.74, 6) is 0.163. The molecule has 0 spiro atoms. The molecule has 0 aliphatic rings. The molecule has 3 aromatic rings. The third-order valence-electron chi connectivity index (χ3n) is 3.19. The number of hydrogen-bond donors (Lipinski definition) is 1. The molecule has 0 atom stereocenters. The van der Waals surface area contributed by atoms with E-state index in [1.807, 2.05) is 6.07 Å². The molecule has 0 radical (unpaired) electrons. The minimum absolute atomic E-state index is 0.323. The Kier molecular flexibility index (Phi) is 5.37. The highest BCUT2D eigenvalue weighted by molar-refractivity contribution is 7.20. The summed E-state index contributed by atoms with van der Waals surface area (Å²) in [5.41, 5.74) is 1.15. The predicted molar refractivity (Wildman–Crippen MR) is 100 cm³/mol. The number of amides is 1. The van der Waals surface area contributed by atoms with E-state index in [9.17, 15) is 4.79 Å². The lowest BCUT2D eigenvalue weighted by atomic mass is 10.2. The van der Waals surface area contributed by atoms with Crippen molar-refractivity contribution < 1.29 is 4.79 Å². The van der Waals surface area contributed by atoms with Crippen LogP contribution < -0.4 is 5.32 Å². The van der Waals surface area contributed by atoms with E-state index in [4.69, 9.17) is 46.4 Å². The Bertz CT molecular complexity index is 906. The normalized spacial score (nSPS) is 10.8. The molecule has 9 heteroatoms. The van der Waals surface area contributed by atoms with Crippen LogP contribution in [0.15, 0.2) is 36.5 Å². The number of benzene rings is 1. The van der Waals surface area contributed by atoms with Gasteiger partial charge in [-0.3, -0.25) is 4.79 Å². The number of anilines is 1. The van der Waals surface area contributed by atoms with E-state index in [0.717, 1.165) is 16.9 Å². The molecule has 124 valence electrons. The highest BCUT2D eigenvalue weighted by atomic mass is 35.5. The molecule has 24 heavy (non-hydrogen) atoms. The maximum atomic E-state index is 12.3. The molecular weight excluding hydrogens is 412 g/mol. The molecule has 0 saturated heterocycles. The molecule has 1 N–H and O–H groups in total. The Hall–Kier alpha value is -1.24. The van der Waals surface area contributed by atoms with Gasteiger partial charge in [0.25, 0.3) is 5.91 Å². The van der Waals surface area contributed by atoms with E-state index in [-0.39, 0.29) is 5.91 Å². The number of hydrogen-bond acceptors (Lipinski definition) is 3. The first kappa shape index (κ1) is 17.6. The number of rotatable bonds is 4. The second kappa shape index (κ2) is 7.33. The summed E-state index contributed by atoms with van der Waals surface area (Å²) in [5, 5.41) is 8.06. The number of nitrogens with zero attached hydrogens (tertiary/aromatic N) is 2. The van der Waals surface area contributed by atoms with Crippen LogP contribution in [0.5, 0.6) is 0 Å². The molecule has 0 unspecified atom stereocenters. The van der Waals surface area contributed by atoms with Gasteiger partial charge in [-0.2, -0.15) is 5.10 Å². The van der Waals surface area contributed by atoms with Crippen molar-refractivity contribution >= 4 is 69.5 Å². The highest BCUT2D eigenvalue weighted by Crippen LogP contribution is 2.31. The fraction of sp³-hybridized carbons (Fsp3) is 0.0667. The molecule has 0 saturated carbocycles. The number of carbonyl (C=O) groups is 1. The number of halogens is 4. The van der Waals surface area contributed by atoms with Gasteiger partial charge in [0.05, 0.1) is 22.6 Å². The van der Waals surface area contributed by atoms with Gasteiger partial charge in [-0.15, -0.1) is 11.3 Å². The van der Waals surface area contributed by atoms with Gasteiger partial charge in [-0.1, -0.05) is 52.5 Å². The Morgan fingerprint density at radius 2 is 1.96 bits per heavy atom. The maximum absolute atomic E-state index is 12.3. The average molecular weight is 421 g/mol. The largest absolute Gasteiger partial charge is 0.307 e. The van der Waals surface area contributed by atoms with Crippen LogP contribution in [0.3, 0.4) is 0 Å². The predicted octanol–water partition coefficient (Wildman–Crippen LogP) is 5.86. The van der Waals surface area contributed by atoms with Crippen LogP contribution in [0.2, 0.25) is 18.7 Å². The molecule has 4 nitrogen and oxygen atoms in total. The first-order valence-corrected chi connectivity index (χ1v) is 8.99. The first-order valence-electron chi connectivity index (χ1n) is 6.66. The van der Waals surface area contributed by atoms with E-state index in [0.29, 0.717) is 36.6 Å². The van der Waals surface area contributed by atoms with E-state index >= 15 is 0 Å². The zero-order valence-electron chi connectivity index (χ0n) is 11.9. The second-order valence-corrected chi connectivity index (χ2v) is 7.93. The van der Waals surface area contributed by atoms with Crippen LogP contribution in [0.1, 0.15) is 15.9 Å². The van der Waals surface area contributed by atoms with Crippen molar-refractivity contribution in [1.29, 1.82) is 0 Å². The van der Waals surface area contributed by atoms with Crippen LogP contribution >= 0.6 is 57.7 Å². The van der Waals surface area contributed by atoms with Crippen molar-refractivity contribution in [3.8, 4) is 0 Å². The van der Waals surface area contributed by atoms with Crippen LogP contribution in [-0.4, -0.2) is 15.7 Å². The Labute approximate surface area is 161 Å². The molecule has 0 aliphatic carbocycles. The average Bonchev–Trinajstić information content (AvgIpc) is 3.08.